The summed E-state index contributed by atoms with van der Waals surface area (Å²) in [5.74, 6) is -0.0117. The third-order valence-electron chi connectivity index (χ3n) is 3.66. The minimum absolute atomic E-state index is 0.0976. The number of rotatable bonds is 8. The Morgan fingerprint density at radius 3 is 2.50 bits per heavy atom. The highest BCUT2D eigenvalue weighted by atomic mass is 16.3. The van der Waals surface area contributed by atoms with Gasteiger partial charge in [-0.25, -0.2) is 0 Å². The summed E-state index contributed by atoms with van der Waals surface area (Å²) in [7, 11) is 0. The van der Waals surface area contributed by atoms with E-state index in [1.165, 1.54) is 6.26 Å². The molecule has 0 saturated heterocycles. The smallest absolute Gasteiger partial charge is 0.287 e. The Kier molecular flexibility index (Phi) is 6.57. The SMILES string of the molecule is Cc1ccoc1C(=O)NCCCNC(=O)CC(N)c1ccccc1. The number of carbonyl (C=O) groups is 2. The molecule has 1 aromatic carbocycles. The van der Waals surface area contributed by atoms with E-state index in [-0.39, 0.29) is 24.3 Å². The fraction of sp³-hybridized carbons (Fsp3) is 0.333. The van der Waals surface area contributed by atoms with Crippen molar-refractivity contribution in [2.24, 2.45) is 5.73 Å². The zero-order valence-corrected chi connectivity index (χ0v) is 13.7. The van der Waals surface area contributed by atoms with Crippen molar-refractivity contribution in [3.8, 4) is 0 Å². The minimum atomic E-state index is -0.312. The summed E-state index contributed by atoms with van der Waals surface area (Å²) in [4.78, 5) is 23.7. The van der Waals surface area contributed by atoms with Gasteiger partial charge in [0.05, 0.1) is 6.26 Å². The average molecular weight is 329 g/mol. The molecule has 2 rings (SSSR count). The summed E-state index contributed by atoms with van der Waals surface area (Å²) in [5.41, 5.74) is 7.75. The molecule has 1 aromatic heterocycles. The topological polar surface area (TPSA) is 97.4 Å². The van der Waals surface area contributed by atoms with Crippen molar-refractivity contribution < 1.29 is 14.0 Å². The Balaban J connectivity index is 1.61. The lowest BCUT2D eigenvalue weighted by Gasteiger charge is -2.12. The van der Waals surface area contributed by atoms with Gasteiger partial charge in [0, 0.05) is 31.1 Å². The predicted octanol–water partition coefficient (Wildman–Crippen LogP) is 1.91. The minimum Gasteiger partial charge on any atom is -0.459 e. The first-order valence-corrected chi connectivity index (χ1v) is 7.97. The fourth-order valence-corrected chi connectivity index (χ4v) is 2.29. The van der Waals surface area contributed by atoms with E-state index in [0.717, 1.165) is 11.1 Å². The van der Waals surface area contributed by atoms with Gasteiger partial charge in [-0.2, -0.15) is 0 Å². The molecule has 0 spiro atoms. The van der Waals surface area contributed by atoms with Gasteiger partial charge >= 0.3 is 0 Å². The molecule has 2 amide bonds. The van der Waals surface area contributed by atoms with Crippen LogP contribution >= 0.6 is 0 Å². The summed E-state index contributed by atoms with van der Waals surface area (Å²) >= 11 is 0. The van der Waals surface area contributed by atoms with Gasteiger partial charge < -0.3 is 20.8 Å². The first kappa shape index (κ1) is 17.7. The van der Waals surface area contributed by atoms with Gasteiger partial charge in [-0.3, -0.25) is 9.59 Å². The van der Waals surface area contributed by atoms with E-state index in [1.54, 1.807) is 6.07 Å². The van der Waals surface area contributed by atoms with Crippen molar-refractivity contribution in [3.05, 3.63) is 59.5 Å². The Labute approximate surface area is 141 Å². The second kappa shape index (κ2) is 8.88. The maximum absolute atomic E-state index is 11.9. The summed E-state index contributed by atoms with van der Waals surface area (Å²) in [6.45, 7) is 2.76. The molecule has 0 fully saturated rings. The van der Waals surface area contributed by atoms with Crippen molar-refractivity contribution in [3.63, 3.8) is 0 Å². The van der Waals surface area contributed by atoms with Gasteiger partial charge in [0.25, 0.3) is 5.91 Å². The first-order chi connectivity index (χ1) is 11.6. The van der Waals surface area contributed by atoms with Crippen LogP contribution in [0.2, 0.25) is 0 Å². The van der Waals surface area contributed by atoms with Crippen LogP contribution in [0.1, 0.15) is 40.6 Å². The molecule has 1 unspecified atom stereocenters. The van der Waals surface area contributed by atoms with Gasteiger partial charge in [0.15, 0.2) is 5.76 Å². The molecule has 1 atom stereocenters. The van der Waals surface area contributed by atoms with Crippen LogP contribution in [0.25, 0.3) is 0 Å². The molecule has 4 N–H and O–H groups in total. The summed E-state index contributed by atoms with van der Waals surface area (Å²) in [6.07, 6.45) is 2.36. The predicted molar refractivity (Wildman–Crippen MR) is 91.4 cm³/mol. The van der Waals surface area contributed by atoms with Crippen LogP contribution in [0.4, 0.5) is 0 Å². The lowest BCUT2D eigenvalue weighted by atomic mass is 10.0. The summed E-state index contributed by atoms with van der Waals surface area (Å²) < 4.78 is 5.11. The standard InChI is InChI=1S/C18H23N3O3/c1-13-8-11-24-17(13)18(23)21-10-5-9-20-16(22)12-15(19)14-6-3-2-4-7-14/h2-4,6-8,11,15H,5,9-10,12,19H2,1H3,(H,20,22)(H,21,23). The molecule has 0 radical (unpaired) electrons. The van der Waals surface area contributed by atoms with E-state index in [2.05, 4.69) is 10.6 Å². The van der Waals surface area contributed by atoms with Crippen LogP contribution in [0, 0.1) is 6.92 Å². The molecule has 2 aromatic rings. The number of carbonyl (C=O) groups excluding carboxylic acids is 2. The second-order valence-electron chi connectivity index (χ2n) is 5.61. The molecular weight excluding hydrogens is 306 g/mol. The number of furan rings is 1. The Bertz CT molecular complexity index is 667. The molecule has 6 nitrogen and oxygen atoms in total. The first-order valence-electron chi connectivity index (χ1n) is 7.97. The molecule has 0 aliphatic carbocycles. The molecule has 1 heterocycles. The van der Waals surface area contributed by atoms with Crippen LogP contribution in [0.5, 0.6) is 0 Å². The highest BCUT2D eigenvalue weighted by Crippen LogP contribution is 2.12. The molecule has 0 bridgehead atoms. The fourth-order valence-electron chi connectivity index (χ4n) is 2.29. The van der Waals surface area contributed by atoms with Crippen molar-refractivity contribution in [1.29, 1.82) is 0 Å². The number of amides is 2. The Hall–Kier alpha value is -2.60. The maximum Gasteiger partial charge on any atom is 0.287 e. The van der Waals surface area contributed by atoms with Crippen molar-refractivity contribution in [2.75, 3.05) is 13.1 Å². The van der Waals surface area contributed by atoms with Crippen molar-refractivity contribution >= 4 is 11.8 Å². The second-order valence-corrected chi connectivity index (χ2v) is 5.61. The molecular formula is C18H23N3O3. The van der Waals surface area contributed by atoms with E-state index in [1.807, 2.05) is 37.3 Å². The highest BCUT2D eigenvalue weighted by molar-refractivity contribution is 5.92. The summed E-state index contributed by atoms with van der Waals surface area (Å²) in [6, 6.07) is 11.0. The van der Waals surface area contributed by atoms with Crippen LogP contribution < -0.4 is 16.4 Å². The largest absolute Gasteiger partial charge is 0.459 e. The molecule has 24 heavy (non-hydrogen) atoms. The normalized spacial score (nSPS) is 11.8. The number of aryl methyl sites for hydroxylation is 1. The van der Waals surface area contributed by atoms with Crippen LogP contribution in [-0.4, -0.2) is 24.9 Å². The van der Waals surface area contributed by atoms with Crippen molar-refractivity contribution in [1.82, 2.24) is 10.6 Å². The number of hydrogen-bond acceptors (Lipinski definition) is 4. The van der Waals surface area contributed by atoms with Gasteiger partial charge in [-0.1, -0.05) is 30.3 Å². The monoisotopic (exact) mass is 329 g/mol. The zero-order chi connectivity index (χ0) is 17.4. The quantitative estimate of drug-likeness (QED) is 0.644. The Morgan fingerprint density at radius 1 is 1.12 bits per heavy atom. The van der Waals surface area contributed by atoms with E-state index < -0.39 is 0 Å². The van der Waals surface area contributed by atoms with E-state index in [9.17, 15) is 9.59 Å². The number of benzene rings is 1. The third-order valence-corrected chi connectivity index (χ3v) is 3.66. The van der Waals surface area contributed by atoms with Gasteiger partial charge in [-0.05, 0) is 25.0 Å². The van der Waals surface area contributed by atoms with Crippen LogP contribution in [0.3, 0.4) is 0 Å². The summed E-state index contributed by atoms with van der Waals surface area (Å²) in [5, 5.41) is 5.57. The van der Waals surface area contributed by atoms with Gasteiger partial charge in [-0.15, -0.1) is 0 Å². The lowest BCUT2D eigenvalue weighted by molar-refractivity contribution is -0.121. The van der Waals surface area contributed by atoms with E-state index in [0.29, 0.717) is 25.3 Å². The van der Waals surface area contributed by atoms with E-state index >= 15 is 0 Å². The number of nitrogens with two attached hydrogens (primary N) is 1. The maximum atomic E-state index is 11.9. The average Bonchev–Trinajstić information content (AvgIpc) is 3.01. The zero-order valence-electron chi connectivity index (χ0n) is 13.7. The molecule has 6 heteroatoms. The number of hydrogen-bond donors (Lipinski definition) is 3. The molecule has 0 aliphatic heterocycles. The van der Waals surface area contributed by atoms with Crippen LogP contribution in [0.15, 0.2) is 47.1 Å². The Morgan fingerprint density at radius 2 is 1.83 bits per heavy atom. The lowest BCUT2D eigenvalue weighted by Crippen LogP contribution is -2.31. The third kappa shape index (κ3) is 5.24. The van der Waals surface area contributed by atoms with Crippen molar-refractivity contribution in [2.45, 2.75) is 25.8 Å². The van der Waals surface area contributed by atoms with Gasteiger partial charge in [0.2, 0.25) is 5.91 Å². The van der Waals surface area contributed by atoms with Gasteiger partial charge in [0.1, 0.15) is 0 Å². The number of nitrogens with one attached hydrogen (secondary N) is 2. The molecule has 128 valence electrons. The molecule has 0 aliphatic rings. The van der Waals surface area contributed by atoms with E-state index in [4.69, 9.17) is 10.2 Å². The molecule has 0 saturated carbocycles. The van der Waals surface area contributed by atoms with Crippen LogP contribution in [-0.2, 0) is 4.79 Å². The highest BCUT2D eigenvalue weighted by Gasteiger charge is 2.12.